The van der Waals surface area contributed by atoms with Gasteiger partial charge in [0.1, 0.15) is 0 Å². The highest BCUT2D eigenvalue weighted by Crippen LogP contribution is 2.39. The summed E-state index contributed by atoms with van der Waals surface area (Å²) in [6, 6.07) is 0. The predicted molar refractivity (Wildman–Crippen MR) is 85.1 cm³/mol. The summed E-state index contributed by atoms with van der Waals surface area (Å²) < 4.78 is 12.3. The van der Waals surface area contributed by atoms with Crippen molar-refractivity contribution in [3.05, 3.63) is 11.6 Å². The van der Waals surface area contributed by atoms with E-state index in [1.54, 1.807) is 0 Å². The van der Waals surface area contributed by atoms with Crippen molar-refractivity contribution in [2.24, 2.45) is 17.8 Å². The molecule has 21 heavy (non-hydrogen) atoms. The van der Waals surface area contributed by atoms with Crippen LogP contribution in [0.3, 0.4) is 0 Å². The number of likely N-dealkylation sites (tertiary alicyclic amines) is 1. The average molecular weight is 293 g/mol. The fourth-order valence-electron chi connectivity index (χ4n) is 4.50. The molecule has 2 fully saturated rings. The Balaban J connectivity index is 1.54. The minimum absolute atomic E-state index is 0.00846. The molecule has 0 saturated carbocycles. The monoisotopic (exact) mass is 293 g/mol. The quantitative estimate of drug-likeness (QED) is 0.744. The molecule has 0 N–H and O–H groups in total. The Morgan fingerprint density at radius 2 is 1.95 bits per heavy atom. The van der Waals surface area contributed by atoms with Crippen molar-refractivity contribution in [3.8, 4) is 0 Å². The Hall–Kier alpha value is -0.380. The molecule has 0 aromatic rings. The van der Waals surface area contributed by atoms with E-state index < -0.39 is 0 Å². The van der Waals surface area contributed by atoms with Crippen molar-refractivity contribution in [2.45, 2.75) is 58.8 Å². The van der Waals surface area contributed by atoms with E-state index >= 15 is 0 Å². The van der Waals surface area contributed by atoms with E-state index in [2.05, 4.69) is 31.7 Å². The van der Waals surface area contributed by atoms with Crippen LogP contribution < -0.4 is 0 Å². The van der Waals surface area contributed by atoms with Gasteiger partial charge in [-0.05, 0) is 51.1 Å². The fourth-order valence-corrected chi connectivity index (χ4v) is 4.50. The zero-order valence-corrected chi connectivity index (χ0v) is 13.9. The third-order valence-electron chi connectivity index (χ3n) is 5.45. The van der Waals surface area contributed by atoms with Crippen molar-refractivity contribution < 1.29 is 9.47 Å². The molecule has 0 amide bonds. The second kappa shape index (κ2) is 6.80. The molecule has 0 bridgehead atoms. The van der Waals surface area contributed by atoms with Crippen LogP contribution in [0, 0.1) is 17.8 Å². The Kier molecular flexibility index (Phi) is 5.03. The van der Waals surface area contributed by atoms with E-state index in [0.29, 0.717) is 17.8 Å². The van der Waals surface area contributed by atoms with Gasteiger partial charge in [-0.15, -0.1) is 0 Å². The smallest absolute Gasteiger partial charge is 0.161 e. The minimum atomic E-state index is 0.00846. The molecule has 2 saturated heterocycles. The highest BCUT2D eigenvalue weighted by molar-refractivity contribution is 5.09. The van der Waals surface area contributed by atoms with E-state index in [9.17, 15) is 0 Å². The lowest BCUT2D eigenvalue weighted by Gasteiger charge is -2.36. The van der Waals surface area contributed by atoms with Crippen LogP contribution in [0.2, 0.25) is 0 Å². The second-order valence-corrected chi connectivity index (χ2v) is 7.45. The summed E-state index contributed by atoms with van der Waals surface area (Å²) in [4.78, 5) is 2.55. The van der Waals surface area contributed by atoms with Crippen LogP contribution in [-0.2, 0) is 9.47 Å². The van der Waals surface area contributed by atoms with Crippen LogP contribution in [0.1, 0.15) is 46.5 Å². The number of hydrogen-bond acceptors (Lipinski definition) is 3. The van der Waals surface area contributed by atoms with Crippen molar-refractivity contribution in [3.63, 3.8) is 0 Å². The van der Waals surface area contributed by atoms with E-state index in [-0.39, 0.29) is 12.4 Å². The predicted octanol–water partition coefficient (Wildman–Crippen LogP) is 3.45. The zero-order valence-electron chi connectivity index (χ0n) is 13.9. The largest absolute Gasteiger partial charge is 0.350 e. The van der Waals surface area contributed by atoms with Crippen molar-refractivity contribution in [1.29, 1.82) is 0 Å². The summed E-state index contributed by atoms with van der Waals surface area (Å²) in [5.41, 5.74) is 1.52. The first-order valence-electron chi connectivity index (χ1n) is 8.80. The maximum absolute atomic E-state index is 6.29. The Morgan fingerprint density at radius 1 is 1.19 bits per heavy atom. The van der Waals surface area contributed by atoms with E-state index in [1.165, 1.54) is 44.3 Å². The third-order valence-corrected chi connectivity index (χ3v) is 5.45. The molecular formula is C18H31NO2. The van der Waals surface area contributed by atoms with Gasteiger partial charge in [-0.1, -0.05) is 31.9 Å². The molecule has 2 heterocycles. The summed E-state index contributed by atoms with van der Waals surface area (Å²) in [6.07, 6.45) is 7.97. The summed E-state index contributed by atoms with van der Waals surface area (Å²) in [5, 5.41) is 0. The first-order chi connectivity index (χ1) is 10.1. The highest BCUT2D eigenvalue weighted by atomic mass is 16.7. The third kappa shape index (κ3) is 3.69. The zero-order chi connectivity index (χ0) is 14.8. The van der Waals surface area contributed by atoms with Gasteiger partial charge >= 0.3 is 0 Å². The van der Waals surface area contributed by atoms with Gasteiger partial charge in [0.2, 0.25) is 0 Å². The summed E-state index contributed by atoms with van der Waals surface area (Å²) in [6.45, 7) is 11.2. The van der Waals surface area contributed by atoms with Gasteiger partial charge < -0.3 is 14.4 Å². The molecule has 3 heteroatoms. The van der Waals surface area contributed by atoms with Gasteiger partial charge in [0, 0.05) is 12.5 Å². The maximum atomic E-state index is 6.29. The van der Waals surface area contributed by atoms with Gasteiger partial charge in [0.15, 0.2) is 6.29 Å². The number of hydrogen-bond donors (Lipinski definition) is 0. The van der Waals surface area contributed by atoms with Crippen LogP contribution in [-0.4, -0.2) is 43.5 Å². The van der Waals surface area contributed by atoms with Gasteiger partial charge in [-0.25, -0.2) is 0 Å². The lowest BCUT2D eigenvalue weighted by molar-refractivity contribution is -0.123. The summed E-state index contributed by atoms with van der Waals surface area (Å²) in [7, 11) is 0. The number of nitrogens with zero attached hydrogens (tertiary/aromatic N) is 1. The second-order valence-electron chi connectivity index (χ2n) is 7.45. The van der Waals surface area contributed by atoms with Crippen LogP contribution in [0.4, 0.5) is 0 Å². The summed E-state index contributed by atoms with van der Waals surface area (Å²) >= 11 is 0. The van der Waals surface area contributed by atoms with Crippen LogP contribution in [0.25, 0.3) is 0 Å². The highest BCUT2D eigenvalue weighted by Gasteiger charge is 2.40. The van der Waals surface area contributed by atoms with E-state index in [0.717, 1.165) is 13.2 Å². The number of allylic oxidation sites excluding steroid dienone is 2. The molecule has 120 valence electrons. The van der Waals surface area contributed by atoms with E-state index in [1.807, 2.05) is 0 Å². The molecule has 0 radical (unpaired) electrons. The Bertz CT molecular complexity index is 375. The van der Waals surface area contributed by atoms with Gasteiger partial charge in [0.25, 0.3) is 0 Å². The standard InChI is InChI=1S/C18H31NO2/c1-13-9-14(2)17(15(3)10-13)18-20-12-16(21-18)11-19-7-5-4-6-8-19/h9,14-18H,4-8,10-12H2,1-3H3/t14-,15-,16+,17-,18+/m0/s1. The molecule has 5 atom stereocenters. The van der Waals surface area contributed by atoms with Crippen molar-refractivity contribution in [2.75, 3.05) is 26.2 Å². The van der Waals surface area contributed by atoms with Crippen LogP contribution in [0.15, 0.2) is 11.6 Å². The molecule has 0 spiro atoms. The maximum Gasteiger partial charge on any atom is 0.161 e. The Morgan fingerprint density at radius 3 is 2.67 bits per heavy atom. The van der Waals surface area contributed by atoms with Crippen molar-refractivity contribution >= 4 is 0 Å². The number of rotatable bonds is 3. The molecule has 1 aliphatic carbocycles. The van der Waals surface area contributed by atoms with Crippen LogP contribution >= 0.6 is 0 Å². The number of piperidine rings is 1. The topological polar surface area (TPSA) is 21.7 Å². The molecule has 3 rings (SSSR count). The lowest BCUT2D eigenvalue weighted by Crippen LogP contribution is -2.39. The van der Waals surface area contributed by atoms with Crippen LogP contribution in [0.5, 0.6) is 0 Å². The molecule has 0 unspecified atom stereocenters. The fraction of sp³-hybridized carbons (Fsp3) is 0.889. The lowest BCUT2D eigenvalue weighted by atomic mass is 9.74. The molecule has 0 aromatic carbocycles. The molecule has 0 aromatic heterocycles. The van der Waals surface area contributed by atoms with Crippen molar-refractivity contribution in [1.82, 2.24) is 4.90 Å². The molecule has 3 nitrogen and oxygen atoms in total. The van der Waals surface area contributed by atoms with Gasteiger partial charge in [0.05, 0.1) is 12.7 Å². The first kappa shape index (κ1) is 15.5. The molecular weight excluding hydrogens is 262 g/mol. The minimum Gasteiger partial charge on any atom is -0.350 e. The van der Waals surface area contributed by atoms with Gasteiger partial charge in [-0.3, -0.25) is 0 Å². The molecule has 3 aliphatic rings. The summed E-state index contributed by atoms with van der Waals surface area (Å²) in [5.74, 6) is 1.73. The SMILES string of the molecule is CC1=C[C@H](C)[C@H]([C@@H]2OC[C@@H](CN3CCCCC3)O2)[C@@H](C)C1. The van der Waals surface area contributed by atoms with Gasteiger partial charge in [-0.2, -0.15) is 0 Å². The first-order valence-corrected chi connectivity index (χ1v) is 8.80. The Labute approximate surface area is 129 Å². The van der Waals surface area contributed by atoms with E-state index in [4.69, 9.17) is 9.47 Å². The number of ether oxygens (including phenoxy) is 2. The molecule has 2 aliphatic heterocycles. The average Bonchev–Trinajstić information content (AvgIpc) is 2.87. The normalized spacial score (nSPS) is 42.0.